The quantitative estimate of drug-likeness (QED) is 0.173. The van der Waals surface area contributed by atoms with E-state index in [9.17, 15) is 0 Å². The van der Waals surface area contributed by atoms with Gasteiger partial charge in [-0.1, -0.05) is 47.6 Å². The molecular weight excluding hydrogens is 538 g/mol. The van der Waals surface area contributed by atoms with Crippen molar-refractivity contribution in [2.24, 2.45) is 0 Å². The van der Waals surface area contributed by atoms with Crippen LogP contribution in [0.1, 0.15) is 51.4 Å². The van der Waals surface area contributed by atoms with Crippen LogP contribution in [0.5, 0.6) is 0 Å². The summed E-state index contributed by atoms with van der Waals surface area (Å²) in [6, 6.07) is 0. The van der Waals surface area contributed by atoms with Crippen molar-refractivity contribution >= 4 is 22.6 Å². The Labute approximate surface area is 157 Å². The Morgan fingerprint density at radius 2 is 1.29 bits per heavy atom. The van der Waals surface area contributed by atoms with Crippen LogP contribution in [0.15, 0.2) is 25.3 Å². The molecule has 99 valence electrons. The maximum absolute atomic E-state index is 8.34. The van der Waals surface area contributed by atoms with E-state index in [2.05, 4.69) is 35.7 Å². The van der Waals surface area contributed by atoms with Gasteiger partial charge in [-0.05, 0) is 43.0 Å². The van der Waals surface area contributed by atoms with E-state index in [4.69, 9.17) is 5.11 Å². The summed E-state index contributed by atoms with van der Waals surface area (Å²) >= 11 is 2.41. The third kappa shape index (κ3) is 31.8. The molecule has 0 spiro atoms. The van der Waals surface area contributed by atoms with Crippen LogP contribution in [0.25, 0.3) is 0 Å². The summed E-state index contributed by atoms with van der Waals surface area (Å²) in [5.74, 6) is 0. The van der Waals surface area contributed by atoms with E-state index in [0.29, 0.717) is 6.61 Å². The Kier molecular flexibility index (Phi) is 36.5. The Hall–Kier alpha value is 1.61. The van der Waals surface area contributed by atoms with Gasteiger partial charge in [-0.15, -0.1) is 13.2 Å². The zero-order valence-corrected chi connectivity index (χ0v) is 17.9. The van der Waals surface area contributed by atoms with Crippen molar-refractivity contribution in [3.8, 4) is 0 Å². The number of hydrogen-bond donors (Lipinski definition) is 1. The molecule has 0 rings (SSSR count). The zero-order chi connectivity index (χ0) is 12.5. The molecule has 0 atom stereocenters. The van der Waals surface area contributed by atoms with E-state index in [1.165, 1.54) is 36.5 Å². The van der Waals surface area contributed by atoms with E-state index in [1.54, 1.807) is 0 Å². The van der Waals surface area contributed by atoms with Crippen molar-refractivity contribution < 1.29 is 49.2 Å². The first-order valence-corrected chi connectivity index (χ1v) is 7.74. The summed E-state index contributed by atoms with van der Waals surface area (Å²) in [5, 5.41) is 8.34. The van der Waals surface area contributed by atoms with E-state index in [-0.39, 0.29) is 44.1 Å². The number of halogens is 1. The smallest absolute Gasteiger partial charge is 0.0431 e. The van der Waals surface area contributed by atoms with E-state index in [0.717, 1.165) is 19.3 Å². The molecule has 0 aromatic heterocycles. The molecule has 0 heterocycles. The number of aliphatic hydroxyl groups excluding tert-OH is 1. The molecular formula is C14H27AcIO. The van der Waals surface area contributed by atoms with Crippen molar-refractivity contribution in [2.75, 3.05) is 11.0 Å². The molecule has 1 N–H and O–H groups in total. The standard InChI is InChI=1S/C7H13I.C7H14O.Ac/c2*1-2-3-4-5-6-7-8;/h2H,1,3-7H2;2,8H,1,3-7H2;. The third-order valence-corrected chi connectivity index (χ3v) is 2.87. The second kappa shape index (κ2) is 26.2. The predicted octanol–water partition coefficient (Wildman–Crippen LogP) is 4.89. The molecule has 0 unspecified atom stereocenters. The molecule has 17 heavy (non-hydrogen) atoms. The van der Waals surface area contributed by atoms with E-state index >= 15 is 0 Å². The molecule has 0 aliphatic carbocycles. The molecule has 0 fully saturated rings. The summed E-state index contributed by atoms with van der Waals surface area (Å²) in [7, 11) is 0. The summed E-state index contributed by atoms with van der Waals surface area (Å²) in [6.45, 7) is 7.58. The van der Waals surface area contributed by atoms with Gasteiger partial charge in [0.2, 0.25) is 0 Å². The van der Waals surface area contributed by atoms with Gasteiger partial charge in [0, 0.05) is 50.7 Å². The maximum atomic E-state index is 8.34. The van der Waals surface area contributed by atoms with Gasteiger partial charge in [0.05, 0.1) is 0 Å². The SMILES string of the molecule is C=CCCCCCI.C=CCCCCCO.[Ac]. The number of alkyl halides is 1. The fourth-order valence-electron chi connectivity index (χ4n) is 1.14. The summed E-state index contributed by atoms with van der Waals surface area (Å²) < 4.78 is 1.30. The fraction of sp³-hybridized carbons (Fsp3) is 0.714. The predicted molar refractivity (Wildman–Crippen MR) is 83.3 cm³/mol. The minimum Gasteiger partial charge on any atom is -0.396 e. The number of aliphatic hydroxyl groups is 1. The molecule has 0 bridgehead atoms. The van der Waals surface area contributed by atoms with Crippen LogP contribution in [0, 0.1) is 44.1 Å². The zero-order valence-electron chi connectivity index (χ0n) is 11.0. The Balaban J connectivity index is -0.000000218. The second-order valence-electron chi connectivity index (χ2n) is 3.69. The first-order chi connectivity index (χ1) is 7.83. The molecule has 0 saturated carbocycles. The number of rotatable bonds is 10. The normalized spacial score (nSPS) is 8.59. The van der Waals surface area contributed by atoms with Crippen LogP contribution in [0.4, 0.5) is 0 Å². The van der Waals surface area contributed by atoms with Crippen LogP contribution in [0.2, 0.25) is 0 Å². The number of hydrogen-bond acceptors (Lipinski definition) is 1. The average molecular weight is 565 g/mol. The molecule has 0 amide bonds. The molecule has 0 aliphatic rings. The van der Waals surface area contributed by atoms with Gasteiger partial charge < -0.3 is 5.11 Å². The van der Waals surface area contributed by atoms with E-state index in [1.807, 2.05) is 12.2 Å². The van der Waals surface area contributed by atoms with Crippen LogP contribution >= 0.6 is 22.6 Å². The third-order valence-electron chi connectivity index (χ3n) is 2.11. The largest absolute Gasteiger partial charge is 0.396 e. The molecule has 0 aliphatic heterocycles. The molecule has 1 nitrogen and oxygen atoms in total. The Bertz CT molecular complexity index is 124. The van der Waals surface area contributed by atoms with Crippen molar-refractivity contribution in [1.29, 1.82) is 0 Å². The maximum Gasteiger partial charge on any atom is 0.0431 e. The van der Waals surface area contributed by atoms with Crippen LogP contribution < -0.4 is 0 Å². The fourth-order valence-corrected chi connectivity index (χ4v) is 1.68. The summed E-state index contributed by atoms with van der Waals surface area (Å²) in [5.41, 5.74) is 0. The second-order valence-corrected chi connectivity index (χ2v) is 4.77. The molecule has 0 aromatic rings. The monoisotopic (exact) mass is 565 g/mol. The van der Waals surface area contributed by atoms with E-state index < -0.39 is 0 Å². The summed E-state index contributed by atoms with van der Waals surface area (Å²) in [6.07, 6.45) is 13.5. The van der Waals surface area contributed by atoms with Crippen molar-refractivity contribution in [3.05, 3.63) is 25.3 Å². The van der Waals surface area contributed by atoms with Crippen molar-refractivity contribution in [2.45, 2.75) is 51.4 Å². The molecule has 0 saturated heterocycles. The van der Waals surface area contributed by atoms with Crippen LogP contribution in [-0.4, -0.2) is 16.1 Å². The first kappa shape index (κ1) is 23.7. The molecule has 3 heteroatoms. The Morgan fingerprint density at radius 3 is 1.65 bits per heavy atom. The van der Waals surface area contributed by atoms with Gasteiger partial charge in [0.25, 0.3) is 0 Å². The van der Waals surface area contributed by atoms with Gasteiger partial charge in [0.15, 0.2) is 0 Å². The van der Waals surface area contributed by atoms with Gasteiger partial charge >= 0.3 is 0 Å². The van der Waals surface area contributed by atoms with Gasteiger partial charge in [-0.3, -0.25) is 0 Å². The minimum atomic E-state index is 0. The van der Waals surface area contributed by atoms with Gasteiger partial charge in [-0.25, -0.2) is 0 Å². The molecule has 0 aromatic carbocycles. The topological polar surface area (TPSA) is 20.2 Å². The summed E-state index contributed by atoms with van der Waals surface area (Å²) in [4.78, 5) is 0. The number of unbranched alkanes of at least 4 members (excludes halogenated alkanes) is 6. The van der Waals surface area contributed by atoms with Gasteiger partial charge in [0.1, 0.15) is 0 Å². The van der Waals surface area contributed by atoms with Gasteiger partial charge in [-0.2, -0.15) is 0 Å². The first-order valence-electron chi connectivity index (χ1n) is 6.22. The van der Waals surface area contributed by atoms with Crippen LogP contribution in [0.3, 0.4) is 0 Å². The minimum absolute atomic E-state index is 0. The number of allylic oxidation sites excluding steroid dienone is 2. The Morgan fingerprint density at radius 1 is 0.824 bits per heavy atom. The van der Waals surface area contributed by atoms with Crippen molar-refractivity contribution in [3.63, 3.8) is 0 Å². The average Bonchev–Trinajstić information content (AvgIpc) is 2.31. The van der Waals surface area contributed by atoms with Crippen LogP contribution in [-0.2, 0) is 0 Å². The van der Waals surface area contributed by atoms with Crippen molar-refractivity contribution in [1.82, 2.24) is 0 Å². The molecule has 1 radical (unpaired) electrons.